The van der Waals surface area contributed by atoms with Crippen molar-refractivity contribution in [1.29, 1.82) is 0 Å². The van der Waals surface area contributed by atoms with E-state index in [9.17, 15) is 13.2 Å². The fourth-order valence-electron chi connectivity index (χ4n) is 3.57. The molecular formula is C22H29F3N4S. The molecule has 1 unspecified atom stereocenters. The van der Waals surface area contributed by atoms with Crippen LogP contribution >= 0.6 is 11.9 Å². The topological polar surface area (TPSA) is 40.2 Å². The van der Waals surface area contributed by atoms with Gasteiger partial charge in [0.25, 0.3) is 0 Å². The highest BCUT2D eigenvalue weighted by Gasteiger charge is 2.36. The van der Waals surface area contributed by atoms with Gasteiger partial charge in [0.15, 0.2) is 0 Å². The van der Waals surface area contributed by atoms with Gasteiger partial charge in [0.05, 0.1) is 11.3 Å². The van der Waals surface area contributed by atoms with Gasteiger partial charge < -0.3 is 10.2 Å². The molecular weight excluding hydrogens is 409 g/mol. The molecule has 164 valence electrons. The van der Waals surface area contributed by atoms with Crippen molar-refractivity contribution >= 4 is 29.1 Å². The predicted octanol–water partition coefficient (Wildman–Crippen LogP) is 6.39. The highest BCUT2D eigenvalue weighted by atomic mass is 32.2. The van der Waals surface area contributed by atoms with Crippen LogP contribution in [0.3, 0.4) is 0 Å². The van der Waals surface area contributed by atoms with Gasteiger partial charge in [-0.3, -0.25) is 4.72 Å². The van der Waals surface area contributed by atoms with Gasteiger partial charge in [0.2, 0.25) is 0 Å². The molecule has 1 saturated heterocycles. The zero-order valence-corrected chi connectivity index (χ0v) is 18.6. The monoisotopic (exact) mass is 438 g/mol. The summed E-state index contributed by atoms with van der Waals surface area (Å²) in [5, 5.41) is 3.20. The fraction of sp³-hybridized carbons (Fsp3) is 0.500. The lowest BCUT2D eigenvalue weighted by Gasteiger charge is -2.34. The summed E-state index contributed by atoms with van der Waals surface area (Å²) in [7, 11) is 0. The molecule has 0 bridgehead atoms. The van der Waals surface area contributed by atoms with Gasteiger partial charge in [-0.05, 0) is 75.2 Å². The van der Waals surface area contributed by atoms with Crippen LogP contribution in [-0.2, 0) is 6.18 Å². The van der Waals surface area contributed by atoms with Crippen LogP contribution < -0.4 is 14.9 Å². The zero-order valence-electron chi connectivity index (χ0n) is 17.8. The molecule has 0 amide bonds. The molecule has 3 rings (SSSR count). The second-order valence-electron chi connectivity index (χ2n) is 8.25. The number of nitrogens with one attached hydrogen (secondary N) is 2. The molecule has 1 aliphatic heterocycles. The summed E-state index contributed by atoms with van der Waals surface area (Å²) in [4.78, 5) is 6.98. The van der Waals surface area contributed by atoms with Crippen LogP contribution in [0, 0.1) is 12.8 Å². The van der Waals surface area contributed by atoms with Gasteiger partial charge in [-0.25, -0.2) is 4.98 Å². The van der Waals surface area contributed by atoms with Crippen molar-refractivity contribution in [1.82, 2.24) is 9.71 Å². The van der Waals surface area contributed by atoms with Crippen molar-refractivity contribution in [2.75, 3.05) is 23.3 Å². The minimum atomic E-state index is -4.43. The fourth-order valence-corrected chi connectivity index (χ4v) is 4.31. The molecule has 1 fully saturated rings. The lowest BCUT2D eigenvalue weighted by Crippen LogP contribution is -2.35. The van der Waals surface area contributed by atoms with Crippen molar-refractivity contribution in [3.8, 4) is 0 Å². The summed E-state index contributed by atoms with van der Waals surface area (Å²) in [6.45, 7) is 9.46. The Morgan fingerprint density at radius 3 is 2.63 bits per heavy atom. The first kappa shape index (κ1) is 22.7. The average Bonchev–Trinajstić information content (AvgIpc) is 2.67. The van der Waals surface area contributed by atoms with Gasteiger partial charge in [-0.1, -0.05) is 6.92 Å². The Morgan fingerprint density at radius 2 is 2.00 bits per heavy atom. The summed E-state index contributed by atoms with van der Waals surface area (Å²) in [5.41, 5.74) is 1.36. The first-order chi connectivity index (χ1) is 14.1. The first-order valence-electron chi connectivity index (χ1n) is 10.3. The summed E-state index contributed by atoms with van der Waals surface area (Å²) in [5.74, 6) is 0.788. The largest absolute Gasteiger partial charge is 0.419 e. The molecule has 2 heterocycles. The number of alkyl halides is 3. The summed E-state index contributed by atoms with van der Waals surface area (Å²) in [6, 6.07) is 7.84. The molecule has 0 radical (unpaired) electrons. The Balaban J connectivity index is 1.85. The van der Waals surface area contributed by atoms with Crippen LogP contribution in [0.2, 0.25) is 0 Å². The Hall–Kier alpha value is -1.93. The van der Waals surface area contributed by atoms with Gasteiger partial charge in [0, 0.05) is 42.0 Å². The van der Waals surface area contributed by atoms with Crippen LogP contribution in [0.4, 0.5) is 30.4 Å². The van der Waals surface area contributed by atoms with Crippen molar-refractivity contribution in [2.45, 2.75) is 57.7 Å². The second-order valence-corrected chi connectivity index (χ2v) is 9.17. The van der Waals surface area contributed by atoms with Crippen LogP contribution in [-0.4, -0.2) is 24.1 Å². The van der Waals surface area contributed by atoms with E-state index in [0.29, 0.717) is 30.9 Å². The number of pyridine rings is 1. The van der Waals surface area contributed by atoms with Gasteiger partial charge in [-0.2, -0.15) is 13.2 Å². The quantitative estimate of drug-likeness (QED) is 0.511. The third-order valence-electron chi connectivity index (χ3n) is 5.06. The van der Waals surface area contributed by atoms with E-state index in [0.717, 1.165) is 35.2 Å². The minimum Gasteiger partial charge on any atom is -0.371 e. The highest BCUT2D eigenvalue weighted by molar-refractivity contribution is 7.97. The van der Waals surface area contributed by atoms with E-state index < -0.39 is 11.7 Å². The number of hydrogen-bond acceptors (Lipinski definition) is 5. The van der Waals surface area contributed by atoms with E-state index >= 15 is 0 Å². The molecule has 1 aromatic heterocycles. The van der Waals surface area contributed by atoms with Crippen molar-refractivity contribution in [3.05, 3.63) is 41.6 Å². The van der Waals surface area contributed by atoms with Gasteiger partial charge in [-0.15, -0.1) is 0 Å². The van der Waals surface area contributed by atoms with Gasteiger partial charge in [0.1, 0.15) is 5.82 Å². The van der Waals surface area contributed by atoms with E-state index in [4.69, 9.17) is 0 Å². The first-order valence-corrected chi connectivity index (χ1v) is 11.1. The molecule has 2 N–H and O–H groups in total. The molecule has 0 saturated carbocycles. The van der Waals surface area contributed by atoms with Crippen LogP contribution in [0.15, 0.2) is 35.4 Å². The van der Waals surface area contributed by atoms with Crippen molar-refractivity contribution < 1.29 is 13.2 Å². The Morgan fingerprint density at radius 1 is 1.23 bits per heavy atom. The third kappa shape index (κ3) is 5.82. The molecule has 8 heteroatoms. The predicted molar refractivity (Wildman–Crippen MR) is 118 cm³/mol. The lowest BCUT2D eigenvalue weighted by atomic mass is 9.99. The van der Waals surface area contributed by atoms with Crippen LogP contribution in [0.1, 0.15) is 44.7 Å². The molecule has 0 aliphatic carbocycles. The number of aromatic nitrogens is 1. The standard InChI is InChI=1S/C22H29F3N4S/c1-14(2)28-30-17-7-8-19(16(4)10-17)27-21-11-20(18(12-26-21)22(23,24)25)29-9-5-6-15(3)13-29/h7-8,10-12,14-15,28H,5-6,9,13H2,1-4H3,(H,26,27). The zero-order chi connectivity index (χ0) is 21.9. The maximum Gasteiger partial charge on any atom is 0.419 e. The molecule has 1 atom stereocenters. The maximum atomic E-state index is 13.6. The Labute approximate surface area is 180 Å². The SMILES string of the molecule is Cc1cc(SNC(C)C)ccc1Nc1cc(N2CCCC(C)C2)c(C(F)(F)F)cn1. The number of rotatable bonds is 6. The van der Waals surface area contributed by atoms with E-state index in [1.807, 2.05) is 30.0 Å². The lowest BCUT2D eigenvalue weighted by molar-refractivity contribution is -0.137. The molecule has 0 spiro atoms. The molecule has 2 aromatic rings. The number of aryl methyl sites for hydroxylation is 1. The number of benzene rings is 1. The maximum absolute atomic E-state index is 13.6. The van der Waals surface area contributed by atoms with E-state index in [2.05, 4.69) is 35.8 Å². The van der Waals surface area contributed by atoms with Crippen LogP contribution in [0.5, 0.6) is 0 Å². The Kier molecular flexibility index (Phi) is 7.18. The normalized spacial score (nSPS) is 17.5. The number of piperidine rings is 1. The summed E-state index contributed by atoms with van der Waals surface area (Å²) >= 11 is 1.56. The third-order valence-corrected chi connectivity index (χ3v) is 6.14. The number of anilines is 3. The number of hydrogen-bond donors (Lipinski definition) is 2. The average molecular weight is 439 g/mol. The van der Waals surface area contributed by atoms with E-state index in [-0.39, 0.29) is 5.69 Å². The van der Waals surface area contributed by atoms with Crippen molar-refractivity contribution in [2.24, 2.45) is 5.92 Å². The van der Waals surface area contributed by atoms with Crippen LogP contribution in [0.25, 0.3) is 0 Å². The highest BCUT2D eigenvalue weighted by Crippen LogP contribution is 2.39. The Bertz CT molecular complexity index is 870. The molecule has 30 heavy (non-hydrogen) atoms. The molecule has 1 aromatic carbocycles. The molecule has 4 nitrogen and oxygen atoms in total. The minimum absolute atomic E-state index is 0.206. The second kappa shape index (κ2) is 9.47. The summed E-state index contributed by atoms with van der Waals surface area (Å²) in [6.07, 6.45) is -1.54. The van der Waals surface area contributed by atoms with Crippen molar-refractivity contribution in [3.63, 3.8) is 0 Å². The molecule has 1 aliphatic rings. The van der Waals surface area contributed by atoms with E-state index in [1.54, 1.807) is 11.9 Å². The summed E-state index contributed by atoms with van der Waals surface area (Å²) < 4.78 is 44.1. The van der Waals surface area contributed by atoms with Gasteiger partial charge >= 0.3 is 6.18 Å². The number of halogens is 3. The van der Waals surface area contributed by atoms with E-state index in [1.165, 1.54) is 6.07 Å². The number of nitrogens with zero attached hydrogens (tertiary/aromatic N) is 2. The smallest absolute Gasteiger partial charge is 0.371 e.